The van der Waals surface area contributed by atoms with Crippen molar-refractivity contribution in [2.45, 2.75) is 37.6 Å². The smallest absolute Gasteiger partial charge is 0.0947 e. The molecule has 1 aliphatic carbocycles. The maximum Gasteiger partial charge on any atom is 0.0947 e. The summed E-state index contributed by atoms with van der Waals surface area (Å²) in [5.74, 6) is 6.32. The quantitative estimate of drug-likeness (QED) is 0.662. The van der Waals surface area contributed by atoms with Gasteiger partial charge in [-0.3, -0.25) is 11.3 Å². The van der Waals surface area contributed by atoms with E-state index in [1.807, 2.05) is 24.1 Å². The van der Waals surface area contributed by atoms with Crippen molar-refractivity contribution in [1.82, 2.24) is 15.0 Å². The van der Waals surface area contributed by atoms with Crippen LogP contribution in [0.15, 0.2) is 36.8 Å². The average Bonchev–Trinajstić information content (AvgIpc) is 2.91. The minimum absolute atomic E-state index is 0.118. The van der Waals surface area contributed by atoms with E-state index >= 15 is 0 Å². The highest BCUT2D eigenvalue weighted by Crippen LogP contribution is 2.37. The third-order valence-corrected chi connectivity index (χ3v) is 4.30. The van der Waals surface area contributed by atoms with E-state index in [2.05, 4.69) is 34.7 Å². The topological polar surface area (TPSA) is 55.9 Å². The predicted molar refractivity (Wildman–Crippen MR) is 80.0 cm³/mol. The van der Waals surface area contributed by atoms with E-state index in [9.17, 15) is 0 Å². The van der Waals surface area contributed by atoms with Gasteiger partial charge in [0.05, 0.1) is 18.1 Å². The molecule has 4 heteroatoms. The molecular formula is C16H22N4. The molecule has 2 unspecified atom stereocenters. The van der Waals surface area contributed by atoms with Gasteiger partial charge in [0.15, 0.2) is 0 Å². The first-order valence-electron chi connectivity index (χ1n) is 7.29. The Balaban J connectivity index is 1.80. The van der Waals surface area contributed by atoms with Crippen LogP contribution in [-0.4, -0.2) is 9.55 Å². The van der Waals surface area contributed by atoms with E-state index in [1.54, 1.807) is 0 Å². The van der Waals surface area contributed by atoms with Crippen LogP contribution >= 0.6 is 0 Å². The van der Waals surface area contributed by atoms with E-state index < -0.39 is 0 Å². The first-order valence-corrected chi connectivity index (χ1v) is 7.29. The molecule has 106 valence electrons. The highest BCUT2D eigenvalue weighted by atomic mass is 15.2. The van der Waals surface area contributed by atoms with E-state index in [-0.39, 0.29) is 6.04 Å². The molecular weight excluding hydrogens is 248 g/mol. The molecule has 0 bridgehead atoms. The summed E-state index contributed by atoms with van der Waals surface area (Å²) in [5.41, 5.74) is 6.96. The number of nitrogens with two attached hydrogens (primary N) is 1. The molecule has 0 saturated carbocycles. The molecule has 1 aromatic carbocycles. The number of hydrazine groups is 1. The second-order valence-corrected chi connectivity index (χ2v) is 5.71. The van der Waals surface area contributed by atoms with E-state index in [0.717, 1.165) is 12.1 Å². The molecule has 2 aromatic rings. The zero-order valence-corrected chi connectivity index (χ0v) is 11.9. The summed E-state index contributed by atoms with van der Waals surface area (Å²) in [6, 6.07) is 8.92. The zero-order valence-electron chi connectivity index (χ0n) is 11.9. The number of fused-ring (bicyclic) bond motifs is 1. The molecule has 0 spiro atoms. The number of hydrogen-bond donors (Lipinski definition) is 2. The third-order valence-electron chi connectivity index (χ3n) is 4.30. The van der Waals surface area contributed by atoms with Crippen LogP contribution in [0.25, 0.3) is 0 Å². The first-order chi connectivity index (χ1) is 9.78. The predicted octanol–water partition coefficient (Wildman–Crippen LogP) is 2.43. The fraction of sp³-hybridized carbons (Fsp3) is 0.438. The molecule has 20 heavy (non-hydrogen) atoms. The van der Waals surface area contributed by atoms with E-state index in [0.29, 0.717) is 5.92 Å². The molecule has 2 atom stereocenters. The summed E-state index contributed by atoms with van der Waals surface area (Å²) >= 11 is 0. The van der Waals surface area contributed by atoms with Crippen LogP contribution < -0.4 is 11.3 Å². The average molecular weight is 270 g/mol. The standard InChI is InChI=1S/C16H22N4/c1-20-10-16(18-11-20)15(19-17)9-13-7-4-6-12-5-2-3-8-14(12)13/h2-3,5,8,10-11,13,15,19H,4,6-7,9,17H2,1H3. The number of imidazole rings is 1. The van der Waals surface area contributed by atoms with E-state index in [4.69, 9.17) is 5.84 Å². The van der Waals surface area contributed by atoms with E-state index in [1.165, 1.54) is 30.4 Å². The van der Waals surface area contributed by atoms with Crippen molar-refractivity contribution in [2.24, 2.45) is 12.9 Å². The number of nitrogens with one attached hydrogen (secondary N) is 1. The fourth-order valence-corrected chi connectivity index (χ4v) is 3.27. The van der Waals surface area contributed by atoms with Crippen molar-refractivity contribution in [3.63, 3.8) is 0 Å². The van der Waals surface area contributed by atoms with Gasteiger partial charge < -0.3 is 4.57 Å². The van der Waals surface area contributed by atoms with Crippen molar-refractivity contribution in [1.29, 1.82) is 0 Å². The van der Waals surface area contributed by atoms with Crippen molar-refractivity contribution < 1.29 is 0 Å². The fourth-order valence-electron chi connectivity index (χ4n) is 3.27. The van der Waals surface area contributed by atoms with Crippen LogP contribution in [0.4, 0.5) is 0 Å². The Morgan fingerprint density at radius 2 is 2.30 bits per heavy atom. The monoisotopic (exact) mass is 270 g/mol. The Labute approximate surface area is 120 Å². The second kappa shape index (κ2) is 5.77. The van der Waals surface area contributed by atoms with Crippen molar-refractivity contribution >= 4 is 0 Å². The van der Waals surface area contributed by atoms with Gasteiger partial charge in [-0.25, -0.2) is 4.98 Å². The summed E-state index contributed by atoms with van der Waals surface area (Å²) in [4.78, 5) is 4.43. The first kappa shape index (κ1) is 13.3. The summed E-state index contributed by atoms with van der Waals surface area (Å²) < 4.78 is 1.97. The Kier molecular flexibility index (Phi) is 3.85. The Hall–Kier alpha value is -1.65. The minimum atomic E-state index is 0.118. The van der Waals surface area contributed by atoms with Gasteiger partial charge in [-0.05, 0) is 42.7 Å². The normalized spacial score (nSPS) is 19.6. The molecule has 0 aliphatic heterocycles. The minimum Gasteiger partial charge on any atom is -0.340 e. The van der Waals surface area contributed by atoms with Crippen LogP contribution in [0, 0.1) is 0 Å². The van der Waals surface area contributed by atoms with Gasteiger partial charge in [0.25, 0.3) is 0 Å². The lowest BCUT2D eigenvalue weighted by Gasteiger charge is -2.28. The largest absolute Gasteiger partial charge is 0.340 e. The maximum atomic E-state index is 5.75. The van der Waals surface area contributed by atoms with Crippen LogP contribution in [0.3, 0.4) is 0 Å². The van der Waals surface area contributed by atoms with Crippen molar-refractivity contribution in [2.75, 3.05) is 0 Å². The third kappa shape index (κ3) is 2.62. The molecule has 1 aliphatic rings. The zero-order chi connectivity index (χ0) is 13.9. The Morgan fingerprint density at radius 3 is 3.05 bits per heavy atom. The lowest BCUT2D eigenvalue weighted by atomic mass is 9.79. The van der Waals surface area contributed by atoms with Gasteiger partial charge >= 0.3 is 0 Å². The van der Waals surface area contributed by atoms with Crippen LogP contribution in [-0.2, 0) is 13.5 Å². The molecule has 0 fully saturated rings. The van der Waals surface area contributed by atoms with Gasteiger partial charge in [0, 0.05) is 13.2 Å². The SMILES string of the molecule is Cn1cnc(C(CC2CCCc3ccccc32)NN)c1. The number of aromatic nitrogens is 2. The molecule has 1 heterocycles. The number of rotatable bonds is 4. The van der Waals surface area contributed by atoms with Gasteiger partial charge in [-0.1, -0.05) is 24.3 Å². The molecule has 4 nitrogen and oxygen atoms in total. The summed E-state index contributed by atoms with van der Waals surface area (Å²) in [6.45, 7) is 0. The lowest BCUT2D eigenvalue weighted by Crippen LogP contribution is -2.30. The number of hydrogen-bond acceptors (Lipinski definition) is 3. The van der Waals surface area contributed by atoms with Crippen LogP contribution in [0.2, 0.25) is 0 Å². The van der Waals surface area contributed by atoms with Gasteiger partial charge in [0.2, 0.25) is 0 Å². The highest BCUT2D eigenvalue weighted by molar-refractivity contribution is 5.32. The van der Waals surface area contributed by atoms with Crippen LogP contribution in [0.1, 0.15) is 48.0 Å². The molecule has 3 N–H and O–H groups in total. The second-order valence-electron chi connectivity index (χ2n) is 5.71. The summed E-state index contributed by atoms with van der Waals surface area (Å²) in [6.07, 6.45) is 8.58. The molecule has 0 radical (unpaired) electrons. The maximum absolute atomic E-state index is 5.75. The van der Waals surface area contributed by atoms with Crippen LogP contribution in [0.5, 0.6) is 0 Å². The Bertz CT molecular complexity index is 575. The van der Waals surface area contributed by atoms with Gasteiger partial charge in [-0.15, -0.1) is 0 Å². The van der Waals surface area contributed by atoms with Gasteiger partial charge in [0.1, 0.15) is 0 Å². The number of aryl methyl sites for hydroxylation is 2. The summed E-state index contributed by atoms with van der Waals surface area (Å²) in [7, 11) is 1.99. The molecule has 1 aromatic heterocycles. The van der Waals surface area contributed by atoms with Gasteiger partial charge in [-0.2, -0.15) is 0 Å². The number of benzene rings is 1. The van der Waals surface area contributed by atoms with Crippen molar-refractivity contribution in [3.05, 3.63) is 53.6 Å². The number of nitrogens with zero attached hydrogens (tertiary/aromatic N) is 2. The molecule has 0 saturated heterocycles. The summed E-state index contributed by atoms with van der Waals surface area (Å²) in [5, 5.41) is 0. The highest BCUT2D eigenvalue weighted by Gasteiger charge is 2.24. The molecule has 3 rings (SSSR count). The Morgan fingerprint density at radius 1 is 1.45 bits per heavy atom. The molecule has 0 amide bonds. The lowest BCUT2D eigenvalue weighted by molar-refractivity contribution is 0.420. The van der Waals surface area contributed by atoms with Crippen molar-refractivity contribution in [3.8, 4) is 0 Å².